The summed E-state index contributed by atoms with van der Waals surface area (Å²) in [5.41, 5.74) is -2.89. The van der Waals surface area contributed by atoms with E-state index in [-0.39, 0.29) is 5.43 Å². The highest BCUT2D eigenvalue weighted by molar-refractivity contribution is 5.78. The maximum absolute atomic E-state index is 14.2. The second kappa shape index (κ2) is 8.13. The van der Waals surface area contributed by atoms with Gasteiger partial charge in [0, 0.05) is 17.6 Å². The number of nitrogens with zero attached hydrogens (tertiary/aromatic N) is 1. The van der Waals surface area contributed by atoms with Crippen LogP contribution >= 0.6 is 0 Å². The van der Waals surface area contributed by atoms with E-state index in [1.165, 1.54) is 16.8 Å². The third-order valence-corrected chi connectivity index (χ3v) is 5.73. The van der Waals surface area contributed by atoms with E-state index in [0.29, 0.717) is 22.0 Å². The lowest BCUT2D eigenvalue weighted by molar-refractivity contribution is -0.271. The third-order valence-electron chi connectivity index (χ3n) is 5.73. The molecule has 2 aromatic carbocycles. The number of para-hydroxylation sites is 1. The number of benzene rings is 2. The Bertz CT molecular complexity index is 1130. The Morgan fingerprint density at radius 1 is 1.03 bits per heavy atom. The molecule has 0 radical (unpaired) electrons. The smallest absolute Gasteiger partial charge is 0.389 e. The van der Waals surface area contributed by atoms with Crippen LogP contribution in [-0.2, 0) is 12.0 Å². The first kappa shape index (κ1) is 23.0. The Morgan fingerprint density at radius 3 is 2.35 bits per heavy atom. The highest BCUT2D eigenvalue weighted by Crippen LogP contribution is 2.42. The van der Waals surface area contributed by atoms with Gasteiger partial charge in [-0.05, 0) is 42.0 Å². The standard InChI is InChI=1S/C24H26F3NO3/c1-16(29)17-7-6-8-18(13-17)22(2,3)14-23(31,24(25,26)27)15-28-12-11-21(30)19-9-4-5-10-20(19)28/h4-13,16,29,31H,14-15H2,1-3H3. The average molecular weight is 433 g/mol. The fraction of sp³-hybridized carbons (Fsp3) is 0.375. The molecular weight excluding hydrogens is 407 g/mol. The number of hydrogen-bond donors (Lipinski definition) is 2. The van der Waals surface area contributed by atoms with Crippen molar-refractivity contribution in [2.75, 3.05) is 0 Å². The Morgan fingerprint density at radius 2 is 1.71 bits per heavy atom. The van der Waals surface area contributed by atoms with Gasteiger partial charge in [-0.3, -0.25) is 4.79 Å². The molecule has 3 aromatic rings. The molecule has 31 heavy (non-hydrogen) atoms. The van der Waals surface area contributed by atoms with E-state index >= 15 is 0 Å². The summed E-state index contributed by atoms with van der Waals surface area (Å²) in [4.78, 5) is 12.1. The van der Waals surface area contributed by atoms with Crippen LogP contribution in [0.2, 0.25) is 0 Å². The summed E-state index contributed by atoms with van der Waals surface area (Å²) < 4.78 is 43.7. The topological polar surface area (TPSA) is 62.5 Å². The molecule has 2 unspecified atom stereocenters. The SMILES string of the molecule is CC(O)c1cccc(C(C)(C)CC(O)(Cn2ccc(=O)c3ccccc32)C(F)(F)F)c1. The van der Waals surface area contributed by atoms with E-state index in [2.05, 4.69) is 0 Å². The van der Waals surface area contributed by atoms with Crippen molar-refractivity contribution >= 4 is 10.9 Å². The molecule has 0 bridgehead atoms. The Balaban J connectivity index is 2.04. The molecule has 0 amide bonds. The summed E-state index contributed by atoms with van der Waals surface area (Å²) in [6, 6.07) is 14.3. The molecule has 0 aliphatic carbocycles. The highest BCUT2D eigenvalue weighted by Gasteiger charge is 2.56. The van der Waals surface area contributed by atoms with Gasteiger partial charge >= 0.3 is 6.18 Å². The maximum Gasteiger partial charge on any atom is 0.418 e. The quantitative estimate of drug-likeness (QED) is 0.592. The van der Waals surface area contributed by atoms with Crippen molar-refractivity contribution in [3.05, 3.63) is 82.1 Å². The lowest BCUT2D eigenvalue weighted by Gasteiger charge is -2.38. The van der Waals surface area contributed by atoms with Crippen LogP contribution in [0.1, 0.15) is 44.4 Å². The molecule has 1 heterocycles. The molecule has 0 fully saturated rings. The first-order chi connectivity index (χ1) is 14.3. The van der Waals surface area contributed by atoms with Crippen molar-refractivity contribution in [2.45, 2.75) is 57.0 Å². The summed E-state index contributed by atoms with van der Waals surface area (Å²) in [5.74, 6) is 0. The van der Waals surface area contributed by atoms with Gasteiger partial charge < -0.3 is 14.8 Å². The van der Waals surface area contributed by atoms with Crippen molar-refractivity contribution in [3.63, 3.8) is 0 Å². The predicted molar refractivity (Wildman–Crippen MR) is 114 cm³/mol. The van der Waals surface area contributed by atoms with E-state index in [0.717, 1.165) is 0 Å². The van der Waals surface area contributed by atoms with Gasteiger partial charge in [0.05, 0.1) is 18.2 Å². The van der Waals surface area contributed by atoms with Gasteiger partial charge in [-0.25, -0.2) is 0 Å². The zero-order valence-corrected chi connectivity index (χ0v) is 17.6. The molecule has 0 aliphatic heterocycles. The predicted octanol–water partition coefficient (Wildman–Crippen LogP) is 4.72. The number of aliphatic hydroxyl groups excluding tert-OH is 1. The zero-order valence-electron chi connectivity index (χ0n) is 17.6. The fourth-order valence-electron chi connectivity index (χ4n) is 3.98. The highest BCUT2D eigenvalue weighted by atomic mass is 19.4. The van der Waals surface area contributed by atoms with Gasteiger partial charge in [0.15, 0.2) is 11.0 Å². The fourth-order valence-corrected chi connectivity index (χ4v) is 3.98. The molecule has 0 aliphatic rings. The maximum atomic E-state index is 14.2. The third kappa shape index (κ3) is 4.67. The van der Waals surface area contributed by atoms with Crippen molar-refractivity contribution in [1.29, 1.82) is 0 Å². The van der Waals surface area contributed by atoms with Crippen molar-refractivity contribution in [1.82, 2.24) is 4.57 Å². The van der Waals surface area contributed by atoms with Gasteiger partial charge in [-0.15, -0.1) is 0 Å². The number of alkyl halides is 3. The minimum absolute atomic E-state index is 0.290. The number of pyridine rings is 1. The largest absolute Gasteiger partial charge is 0.418 e. The summed E-state index contributed by atoms with van der Waals surface area (Å²) in [7, 11) is 0. The number of fused-ring (bicyclic) bond motifs is 1. The van der Waals surface area contributed by atoms with Crippen molar-refractivity contribution < 1.29 is 23.4 Å². The van der Waals surface area contributed by atoms with Gasteiger partial charge in [0.1, 0.15) is 0 Å². The molecule has 166 valence electrons. The van der Waals surface area contributed by atoms with Crippen LogP contribution in [0.3, 0.4) is 0 Å². The lowest BCUT2D eigenvalue weighted by atomic mass is 9.74. The summed E-state index contributed by atoms with van der Waals surface area (Å²) >= 11 is 0. The molecule has 0 saturated heterocycles. The van der Waals surface area contributed by atoms with Gasteiger partial charge in [0.25, 0.3) is 0 Å². The van der Waals surface area contributed by atoms with E-state index in [1.54, 1.807) is 69.3 Å². The van der Waals surface area contributed by atoms with Crippen LogP contribution in [0.4, 0.5) is 13.2 Å². The molecule has 0 saturated carbocycles. The minimum Gasteiger partial charge on any atom is -0.389 e. The minimum atomic E-state index is -4.91. The van der Waals surface area contributed by atoms with E-state index in [4.69, 9.17) is 0 Å². The van der Waals surface area contributed by atoms with Gasteiger partial charge in [-0.2, -0.15) is 13.2 Å². The molecule has 2 atom stereocenters. The van der Waals surface area contributed by atoms with Crippen LogP contribution in [0, 0.1) is 0 Å². The normalized spacial score (nSPS) is 15.6. The Labute approximate surface area is 178 Å². The first-order valence-electron chi connectivity index (χ1n) is 10.00. The molecule has 0 spiro atoms. The zero-order chi connectivity index (χ0) is 23.0. The van der Waals surface area contributed by atoms with Crippen molar-refractivity contribution in [2.24, 2.45) is 0 Å². The van der Waals surface area contributed by atoms with Crippen molar-refractivity contribution in [3.8, 4) is 0 Å². The lowest BCUT2D eigenvalue weighted by Crippen LogP contribution is -2.52. The second-order valence-electron chi connectivity index (χ2n) is 8.72. The van der Waals surface area contributed by atoms with Crippen LogP contribution in [0.25, 0.3) is 10.9 Å². The molecule has 4 nitrogen and oxygen atoms in total. The molecule has 3 rings (SSSR count). The summed E-state index contributed by atoms with van der Waals surface area (Å²) in [5, 5.41) is 21.1. The summed E-state index contributed by atoms with van der Waals surface area (Å²) in [6.07, 6.45) is -4.99. The van der Waals surface area contributed by atoms with E-state index in [9.17, 15) is 28.2 Å². The number of hydrogen-bond acceptors (Lipinski definition) is 3. The Kier molecular flexibility index (Phi) is 6.04. The average Bonchev–Trinajstić information content (AvgIpc) is 2.69. The van der Waals surface area contributed by atoms with Gasteiger partial charge in [0.2, 0.25) is 0 Å². The molecule has 2 N–H and O–H groups in total. The number of halogens is 3. The number of aromatic nitrogens is 1. The van der Waals surface area contributed by atoms with E-state index in [1.807, 2.05) is 0 Å². The summed E-state index contributed by atoms with van der Waals surface area (Å²) in [6.45, 7) is 4.10. The van der Waals surface area contributed by atoms with Gasteiger partial charge in [-0.1, -0.05) is 50.2 Å². The number of aliphatic hydroxyl groups is 2. The monoisotopic (exact) mass is 433 g/mol. The van der Waals surface area contributed by atoms with Crippen LogP contribution in [-0.4, -0.2) is 26.6 Å². The van der Waals surface area contributed by atoms with Crippen LogP contribution < -0.4 is 5.43 Å². The van der Waals surface area contributed by atoms with E-state index < -0.39 is 36.3 Å². The molecule has 1 aromatic heterocycles. The van der Waals surface area contributed by atoms with Crippen LogP contribution in [0.5, 0.6) is 0 Å². The molecule has 7 heteroatoms. The van der Waals surface area contributed by atoms with Crippen LogP contribution in [0.15, 0.2) is 65.6 Å². The first-order valence-corrected chi connectivity index (χ1v) is 10.00. The number of rotatable bonds is 6. The second-order valence-corrected chi connectivity index (χ2v) is 8.72. The Hall–Kier alpha value is -2.64. The molecular formula is C24H26F3NO3.